The fourth-order valence-electron chi connectivity index (χ4n) is 2.94. The van der Waals surface area contributed by atoms with Crippen LogP contribution >= 0.6 is 0 Å². The topological polar surface area (TPSA) is 84.1 Å². The zero-order valence-corrected chi connectivity index (χ0v) is 13.3. The molecule has 1 aromatic heterocycles. The molecule has 0 aliphatic carbocycles. The first kappa shape index (κ1) is 15.6. The van der Waals surface area contributed by atoms with E-state index in [0.717, 1.165) is 30.6 Å². The SMILES string of the molecule is CCCc1cc(=O)n(-c2ccc(C(=O)N3CC[C@H](N)C3)cc2)[nH]1. The minimum atomic E-state index is -0.0851. The van der Waals surface area contributed by atoms with Gasteiger partial charge in [0, 0.05) is 36.5 Å². The van der Waals surface area contributed by atoms with E-state index in [1.165, 1.54) is 4.68 Å². The van der Waals surface area contributed by atoms with Crippen LogP contribution in [0.3, 0.4) is 0 Å². The fourth-order valence-corrected chi connectivity index (χ4v) is 2.94. The van der Waals surface area contributed by atoms with Gasteiger partial charge in [-0.1, -0.05) is 13.3 Å². The molecular weight excluding hydrogens is 292 g/mol. The van der Waals surface area contributed by atoms with Gasteiger partial charge in [-0.25, -0.2) is 4.68 Å². The molecule has 1 fully saturated rings. The number of hydrogen-bond donors (Lipinski definition) is 2. The van der Waals surface area contributed by atoms with Gasteiger partial charge in [0.25, 0.3) is 11.5 Å². The summed E-state index contributed by atoms with van der Waals surface area (Å²) in [5, 5.41) is 3.10. The predicted octanol–water partition coefficient (Wildman–Crippen LogP) is 1.29. The maximum atomic E-state index is 12.4. The Morgan fingerprint density at radius 2 is 2.09 bits per heavy atom. The van der Waals surface area contributed by atoms with Crippen LogP contribution in [0.5, 0.6) is 0 Å². The molecule has 0 bridgehead atoms. The number of aryl methyl sites for hydroxylation is 1. The van der Waals surface area contributed by atoms with Crippen LogP contribution < -0.4 is 11.3 Å². The third-order valence-electron chi connectivity index (χ3n) is 4.18. The van der Waals surface area contributed by atoms with Crippen molar-refractivity contribution in [3.8, 4) is 5.69 Å². The standard InChI is InChI=1S/C17H22N4O2/c1-2-3-14-10-16(22)21(19-14)15-6-4-12(5-7-15)17(23)20-9-8-13(18)11-20/h4-7,10,13,19H,2-3,8-9,11,18H2,1H3/t13-/m0/s1. The van der Waals surface area contributed by atoms with Gasteiger partial charge in [-0.2, -0.15) is 0 Å². The van der Waals surface area contributed by atoms with Crippen molar-refractivity contribution < 1.29 is 4.79 Å². The number of carbonyl (C=O) groups is 1. The minimum Gasteiger partial charge on any atom is -0.337 e. The Morgan fingerprint density at radius 1 is 1.35 bits per heavy atom. The fraction of sp³-hybridized carbons (Fsp3) is 0.412. The number of benzene rings is 1. The second kappa shape index (κ2) is 6.42. The lowest BCUT2D eigenvalue weighted by Gasteiger charge is -2.15. The van der Waals surface area contributed by atoms with Crippen LogP contribution in [0.15, 0.2) is 35.1 Å². The monoisotopic (exact) mass is 314 g/mol. The molecule has 6 nitrogen and oxygen atoms in total. The minimum absolute atomic E-state index is 0.00463. The molecule has 0 spiro atoms. The zero-order valence-electron chi connectivity index (χ0n) is 13.3. The van der Waals surface area contributed by atoms with Crippen LogP contribution in [0.25, 0.3) is 5.69 Å². The van der Waals surface area contributed by atoms with Crippen molar-refractivity contribution in [2.75, 3.05) is 13.1 Å². The van der Waals surface area contributed by atoms with E-state index in [4.69, 9.17) is 5.73 Å². The molecule has 0 unspecified atom stereocenters. The molecule has 0 radical (unpaired) electrons. The quantitative estimate of drug-likeness (QED) is 0.892. The molecule has 3 N–H and O–H groups in total. The van der Waals surface area contributed by atoms with Crippen molar-refractivity contribution in [1.29, 1.82) is 0 Å². The normalized spacial score (nSPS) is 17.7. The largest absolute Gasteiger partial charge is 0.337 e. The first-order valence-electron chi connectivity index (χ1n) is 8.04. The van der Waals surface area contributed by atoms with Gasteiger partial charge in [-0.05, 0) is 37.1 Å². The number of amides is 1. The summed E-state index contributed by atoms with van der Waals surface area (Å²) in [4.78, 5) is 26.2. The highest BCUT2D eigenvalue weighted by molar-refractivity contribution is 5.94. The smallest absolute Gasteiger partial charge is 0.271 e. The van der Waals surface area contributed by atoms with Gasteiger partial charge in [0.15, 0.2) is 0 Å². The van der Waals surface area contributed by atoms with E-state index >= 15 is 0 Å². The Labute approximate surface area is 134 Å². The summed E-state index contributed by atoms with van der Waals surface area (Å²) in [6.07, 6.45) is 2.67. The Morgan fingerprint density at radius 3 is 2.70 bits per heavy atom. The van der Waals surface area contributed by atoms with E-state index in [2.05, 4.69) is 12.0 Å². The molecule has 6 heteroatoms. The van der Waals surface area contributed by atoms with Gasteiger partial charge in [0.05, 0.1) is 5.69 Å². The van der Waals surface area contributed by atoms with Crippen LogP contribution in [0, 0.1) is 0 Å². The lowest BCUT2D eigenvalue weighted by atomic mass is 10.2. The molecule has 1 amide bonds. The molecule has 23 heavy (non-hydrogen) atoms. The lowest BCUT2D eigenvalue weighted by molar-refractivity contribution is 0.0791. The number of aromatic amines is 1. The van der Waals surface area contributed by atoms with E-state index in [0.29, 0.717) is 18.7 Å². The summed E-state index contributed by atoms with van der Waals surface area (Å²) in [5.41, 5.74) is 8.03. The third-order valence-corrected chi connectivity index (χ3v) is 4.18. The second-order valence-electron chi connectivity index (χ2n) is 6.05. The third kappa shape index (κ3) is 3.22. The highest BCUT2D eigenvalue weighted by atomic mass is 16.2. The molecule has 2 aromatic rings. The average molecular weight is 314 g/mol. The van der Waals surface area contributed by atoms with Crippen molar-refractivity contribution >= 4 is 5.91 Å². The summed E-state index contributed by atoms with van der Waals surface area (Å²) in [6, 6.07) is 8.79. The summed E-state index contributed by atoms with van der Waals surface area (Å²) < 4.78 is 1.50. The van der Waals surface area contributed by atoms with E-state index in [1.54, 1.807) is 35.2 Å². The number of H-pyrrole nitrogens is 1. The number of likely N-dealkylation sites (tertiary alicyclic amines) is 1. The first-order chi connectivity index (χ1) is 11.1. The van der Waals surface area contributed by atoms with Crippen LogP contribution in [0.1, 0.15) is 35.8 Å². The molecule has 2 heterocycles. The molecule has 0 saturated carbocycles. The summed E-state index contributed by atoms with van der Waals surface area (Å²) in [6.45, 7) is 3.38. The maximum Gasteiger partial charge on any atom is 0.271 e. The number of aromatic nitrogens is 2. The molecule has 3 rings (SSSR count). The second-order valence-corrected chi connectivity index (χ2v) is 6.05. The zero-order chi connectivity index (χ0) is 16.4. The molecule has 1 saturated heterocycles. The number of nitrogens with zero attached hydrogens (tertiary/aromatic N) is 2. The number of rotatable bonds is 4. The number of carbonyl (C=O) groups excluding carboxylic acids is 1. The van der Waals surface area contributed by atoms with Crippen LogP contribution in [-0.4, -0.2) is 39.7 Å². The molecule has 1 aliphatic rings. The van der Waals surface area contributed by atoms with E-state index in [9.17, 15) is 9.59 Å². The average Bonchev–Trinajstić information content (AvgIpc) is 3.13. The maximum absolute atomic E-state index is 12.4. The highest BCUT2D eigenvalue weighted by Gasteiger charge is 2.24. The van der Waals surface area contributed by atoms with Crippen molar-refractivity contribution in [1.82, 2.24) is 14.7 Å². The summed E-state index contributed by atoms with van der Waals surface area (Å²) in [7, 11) is 0. The van der Waals surface area contributed by atoms with E-state index in [1.807, 2.05) is 0 Å². The van der Waals surface area contributed by atoms with Gasteiger partial charge in [0.1, 0.15) is 0 Å². The van der Waals surface area contributed by atoms with E-state index in [-0.39, 0.29) is 17.5 Å². The highest BCUT2D eigenvalue weighted by Crippen LogP contribution is 2.14. The lowest BCUT2D eigenvalue weighted by Crippen LogP contribution is -2.31. The molecule has 1 aromatic carbocycles. The molecule has 1 aliphatic heterocycles. The van der Waals surface area contributed by atoms with E-state index < -0.39 is 0 Å². The molecule has 122 valence electrons. The number of hydrogen-bond acceptors (Lipinski definition) is 3. The van der Waals surface area contributed by atoms with Gasteiger partial charge in [0.2, 0.25) is 0 Å². The van der Waals surface area contributed by atoms with Crippen molar-refractivity contribution in [3.63, 3.8) is 0 Å². The summed E-state index contributed by atoms with van der Waals surface area (Å²) >= 11 is 0. The van der Waals surface area contributed by atoms with Gasteiger partial charge < -0.3 is 10.6 Å². The van der Waals surface area contributed by atoms with Crippen molar-refractivity contribution in [3.05, 3.63) is 51.9 Å². The van der Waals surface area contributed by atoms with Gasteiger partial charge >= 0.3 is 0 Å². The Bertz CT molecular complexity index is 745. The number of nitrogens with one attached hydrogen (secondary N) is 1. The molecular formula is C17H22N4O2. The van der Waals surface area contributed by atoms with Crippen LogP contribution in [0.4, 0.5) is 0 Å². The Balaban J connectivity index is 1.79. The van der Waals surface area contributed by atoms with Gasteiger partial charge in [-0.3, -0.25) is 14.7 Å². The van der Waals surface area contributed by atoms with Crippen LogP contribution in [0.2, 0.25) is 0 Å². The first-order valence-corrected chi connectivity index (χ1v) is 8.04. The van der Waals surface area contributed by atoms with Gasteiger partial charge in [-0.15, -0.1) is 0 Å². The van der Waals surface area contributed by atoms with Crippen LogP contribution in [-0.2, 0) is 6.42 Å². The molecule has 1 atom stereocenters. The summed E-state index contributed by atoms with van der Waals surface area (Å²) in [5.74, 6) is -0.00463. The Kier molecular flexibility index (Phi) is 4.34. The predicted molar refractivity (Wildman–Crippen MR) is 88.9 cm³/mol. The van der Waals surface area contributed by atoms with Crippen molar-refractivity contribution in [2.45, 2.75) is 32.2 Å². The van der Waals surface area contributed by atoms with Crippen molar-refractivity contribution in [2.24, 2.45) is 5.73 Å². The Hall–Kier alpha value is -2.34. The number of nitrogens with two attached hydrogens (primary N) is 1.